The van der Waals surface area contributed by atoms with E-state index in [1.54, 1.807) is 41.9 Å². The summed E-state index contributed by atoms with van der Waals surface area (Å²) >= 11 is 0. The van der Waals surface area contributed by atoms with Gasteiger partial charge < -0.3 is 0 Å². The van der Waals surface area contributed by atoms with E-state index in [1.807, 2.05) is 36.4 Å². The van der Waals surface area contributed by atoms with Crippen molar-refractivity contribution in [1.82, 2.24) is 10.9 Å². The molecule has 0 saturated heterocycles. The van der Waals surface area contributed by atoms with E-state index >= 15 is 0 Å². The Kier molecular flexibility index (Phi) is 9.45. The van der Waals surface area contributed by atoms with E-state index in [9.17, 15) is 23.2 Å². The molecule has 1 saturated carbocycles. The fourth-order valence-electron chi connectivity index (χ4n) is 4.60. The van der Waals surface area contributed by atoms with Gasteiger partial charge in [-0.25, -0.2) is 13.9 Å². The number of hydrogen-bond acceptors (Lipinski definition) is 5. The topological polar surface area (TPSA) is 116 Å². The SMILES string of the molecule is CS(=O)(=O)N(NC(=O)[C@H](CC1CCCC1)[C@H](C/C=C/c1ccccc1)C(=O)NO)c1ccccc1. The maximum Gasteiger partial charge on any atom is 0.249 e. The number of hydrazine groups is 1. The van der Waals surface area contributed by atoms with Crippen LogP contribution in [0.5, 0.6) is 0 Å². The van der Waals surface area contributed by atoms with Gasteiger partial charge in [-0.2, -0.15) is 4.41 Å². The van der Waals surface area contributed by atoms with Gasteiger partial charge in [0.25, 0.3) is 0 Å². The molecular formula is C26H33N3O5S. The maximum atomic E-state index is 13.6. The van der Waals surface area contributed by atoms with Crippen LogP contribution in [0.2, 0.25) is 0 Å². The van der Waals surface area contributed by atoms with Gasteiger partial charge in [0, 0.05) is 0 Å². The van der Waals surface area contributed by atoms with E-state index in [-0.39, 0.29) is 18.0 Å². The third kappa shape index (κ3) is 7.66. The molecule has 2 aromatic carbocycles. The molecule has 0 heterocycles. The lowest BCUT2D eigenvalue weighted by Gasteiger charge is -2.30. The van der Waals surface area contributed by atoms with Crippen molar-refractivity contribution < 1.29 is 23.2 Å². The van der Waals surface area contributed by atoms with Crippen LogP contribution in [0.25, 0.3) is 6.08 Å². The van der Waals surface area contributed by atoms with Crippen LogP contribution in [0, 0.1) is 17.8 Å². The maximum absolute atomic E-state index is 13.6. The second-order valence-corrected chi connectivity index (χ2v) is 10.8. The van der Waals surface area contributed by atoms with Gasteiger partial charge in [0.15, 0.2) is 0 Å². The standard InChI is InChI=1S/C26H33N3O5S/c1-35(33,34)29(22-16-6-3-7-17-22)27-25(30)24(19-21-13-8-9-14-21)23(26(31)28-32)18-10-15-20-11-4-2-5-12-20/h2-7,10-12,15-17,21,23-24,32H,8-9,13-14,18-19H2,1H3,(H,27,30)(H,28,31)/b15-10+/t23-,24+/m0/s1. The first kappa shape index (κ1) is 26.4. The van der Waals surface area contributed by atoms with Crippen molar-refractivity contribution in [1.29, 1.82) is 0 Å². The molecule has 2 amide bonds. The molecule has 0 spiro atoms. The number of nitrogens with zero attached hydrogens (tertiary/aromatic N) is 1. The van der Waals surface area contributed by atoms with Crippen LogP contribution in [0.3, 0.4) is 0 Å². The lowest BCUT2D eigenvalue weighted by atomic mass is 9.80. The van der Waals surface area contributed by atoms with Crippen LogP contribution in [-0.2, 0) is 19.6 Å². The number of carbonyl (C=O) groups is 2. The molecule has 0 unspecified atom stereocenters. The highest BCUT2D eigenvalue weighted by atomic mass is 32.2. The van der Waals surface area contributed by atoms with E-state index in [4.69, 9.17) is 0 Å². The van der Waals surface area contributed by atoms with Crippen LogP contribution < -0.4 is 15.3 Å². The number of amides is 2. The van der Waals surface area contributed by atoms with E-state index in [1.165, 1.54) is 0 Å². The summed E-state index contributed by atoms with van der Waals surface area (Å²) in [4.78, 5) is 26.3. The van der Waals surface area contributed by atoms with Gasteiger partial charge in [-0.15, -0.1) is 0 Å². The molecule has 9 heteroatoms. The Morgan fingerprint density at radius 2 is 1.60 bits per heavy atom. The minimum Gasteiger partial charge on any atom is -0.289 e. The van der Waals surface area contributed by atoms with Crippen molar-refractivity contribution in [2.45, 2.75) is 38.5 Å². The summed E-state index contributed by atoms with van der Waals surface area (Å²) in [6.07, 6.45) is 9.31. The Balaban J connectivity index is 1.88. The summed E-state index contributed by atoms with van der Waals surface area (Å²) in [6.45, 7) is 0. The first-order valence-electron chi connectivity index (χ1n) is 11.8. The number of para-hydroxylation sites is 1. The normalized spacial score (nSPS) is 16.1. The highest BCUT2D eigenvalue weighted by Crippen LogP contribution is 2.34. The van der Waals surface area contributed by atoms with Gasteiger partial charge in [0.05, 0.1) is 23.8 Å². The van der Waals surface area contributed by atoms with Crippen molar-refractivity contribution >= 4 is 33.6 Å². The Hall–Kier alpha value is -3.17. The zero-order valence-corrected chi connectivity index (χ0v) is 20.7. The van der Waals surface area contributed by atoms with Gasteiger partial charge >= 0.3 is 0 Å². The molecule has 8 nitrogen and oxygen atoms in total. The molecule has 3 N–H and O–H groups in total. The van der Waals surface area contributed by atoms with Crippen molar-refractivity contribution in [3.8, 4) is 0 Å². The molecule has 3 rings (SSSR count). The third-order valence-corrected chi connectivity index (χ3v) is 7.33. The second kappa shape index (κ2) is 12.5. The molecule has 35 heavy (non-hydrogen) atoms. The lowest BCUT2D eigenvalue weighted by Crippen LogP contribution is -2.51. The van der Waals surface area contributed by atoms with E-state index in [0.717, 1.165) is 41.9 Å². The summed E-state index contributed by atoms with van der Waals surface area (Å²) in [7, 11) is -3.84. The number of sulfonamides is 1. The minimum absolute atomic E-state index is 0.205. The number of carbonyl (C=O) groups excluding carboxylic acids is 2. The van der Waals surface area contributed by atoms with Gasteiger partial charge in [0.2, 0.25) is 21.8 Å². The number of nitrogens with one attached hydrogen (secondary N) is 2. The van der Waals surface area contributed by atoms with Gasteiger partial charge in [-0.1, -0.05) is 86.4 Å². The number of benzene rings is 2. The Bertz CT molecular complexity index is 1100. The second-order valence-electron chi connectivity index (χ2n) is 8.96. The van der Waals surface area contributed by atoms with Gasteiger partial charge in [-0.05, 0) is 36.5 Å². The molecule has 2 aromatic rings. The number of hydrogen-bond donors (Lipinski definition) is 3. The van der Waals surface area contributed by atoms with Gasteiger partial charge in [-0.3, -0.25) is 20.2 Å². The average molecular weight is 500 g/mol. The number of hydroxylamine groups is 1. The predicted molar refractivity (Wildman–Crippen MR) is 135 cm³/mol. The lowest BCUT2D eigenvalue weighted by molar-refractivity contribution is -0.140. The Labute approximate surface area is 207 Å². The summed E-state index contributed by atoms with van der Waals surface area (Å²) in [5.41, 5.74) is 5.47. The Morgan fingerprint density at radius 3 is 2.17 bits per heavy atom. The fourth-order valence-corrected chi connectivity index (χ4v) is 5.36. The zero-order chi connectivity index (χ0) is 25.3. The molecule has 188 valence electrons. The van der Waals surface area contributed by atoms with Crippen LogP contribution in [-0.4, -0.2) is 31.7 Å². The summed E-state index contributed by atoms with van der Waals surface area (Å²) in [5.74, 6) is -2.71. The molecule has 1 aliphatic carbocycles. The molecule has 0 aromatic heterocycles. The number of anilines is 1. The number of rotatable bonds is 11. The van der Waals surface area contributed by atoms with E-state index in [0.29, 0.717) is 6.42 Å². The van der Waals surface area contributed by atoms with Crippen LogP contribution in [0.1, 0.15) is 44.1 Å². The summed E-state index contributed by atoms with van der Waals surface area (Å²) in [5, 5.41) is 9.44. The fraction of sp³-hybridized carbons (Fsp3) is 0.385. The highest BCUT2D eigenvalue weighted by molar-refractivity contribution is 7.92. The average Bonchev–Trinajstić information content (AvgIpc) is 3.37. The Morgan fingerprint density at radius 1 is 1.00 bits per heavy atom. The largest absolute Gasteiger partial charge is 0.289 e. The minimum atomic E-state index is -3.84. The van der Waals surface area contributed by atoms with Gasteiger partial charge in [0.1, 0.15) is 0 Å². The van der Waals surface area contributed by atoms with Crippen LogP contribution in [0.4, 0.5) is 5.69 Å². The number of allylic oxidation sites excluding steroid dienone is 1. The third-order valence-electron chi connectivity index (χ3n) is 6.37. The molecule has 2 atom stereocenters. The quantitative estimate of drug-likeness (QED) is 0.320. The van der Waals surface area contributed by atoms with Crippen molar-refractivity contribution in [2.24, 2.45) is 17.8 Å². The van der Waals surface area contributed by atoms with Crippen LogP contribution in [0.15, 0.2) is 66.7 Å². The predicted octanol–water partition coefficient (Wildman–Crippen LogP) is 3.91. The van der Waals surface area contributed by atoms with Crippen LogP contribution >= 0.6 is 0 Å². The molecule has 0 radical (unpaired) electrons. The smallest absolute Gasteiger partial charge is 0.249 e. The van der Waals surface area contributed by atoms with Crippen molar-refractivity contribution in [3.05, 3.63) is 72.3 Å². The van der Waals surface area contributed by atoms with E-state index in [2.05, 4.69) is 5.43 Å². The summed E-state index contributed by atoms with van der Waals surface area (Å²) < 4.78 is 25.8. The molecular weight excluding hydrogens is 466 g/mol. The molecule has 1 fully saturated rings. The molecule has 0 bridgehead atoms. The molecule has 0 aliphatic heterocycles. The monoisotopic (exact) mass is 499 g/mol. The molecule has 1 aliphatic rings. The first-order chi connectivity index (χ1) is 16.8. The van der Waals surface area contributed by atoms with Crippen molar-refractivity contribution in [3.63, 3.8) is 0 Å². The highest BCUT2D eigenvalue weighted by Gasteiger charge is 2.37. The summed E-state index contributed by atoms with van der Waals surface area (Å²) in [6, 6.07) is 17.8. The van der Waals surface area contributed by atoms with E-state index < -0.39 is 33.7 Å². The zero-order valence-electron chi connectivity index (χ0n) is 19.8. The van der Waals surface area contributed by atoms with Crippen molar-refractivity contribution in [2.75, 3.05) is 10.7 Å². The first-order valence-corrected chi connectivity index (χ1v) is 13.7.